The maximum absolute atomic E-state index is 13.5. The summed E-state index contributed by atoms with van der Waals surface area (Å²) in [6, 6.07) is 4.52. The van der Waals surface area contributed by atoms with Crippen LogP contribution in [0.25, 0.3) is 0 Å². The van der Waals surface area contributed by atoms with Crippen molar-refractivity contribution in [2.45, 2.75) is 57.5 Å². The number of hydrogen-bond acceptors (Lipinski definition) is 6. The van der Waals surface area contributed by atoms with Crippen LogP contribution in [-0.2, 0) is 25.5 Å². The van der Waals surface area contributed by atoms with Crippen LogP contribution in [0.3, 0.4) is 0 Å². The second kappa shape index (κ2) is 13.4. The zero-order chi connectivity index (χ0) is 25.4. The smallest absolute Gasteiger partial charge is 0.310 e. The minimum Gasteiger partial charge on any atom is -0.466 e. The largest absolute Gasteiger partial charge is 0.466 e. The molecule has 2 fully saturated rings. The number of nitrogens with zero attached hydrogens (tertiary/aromatic N) is 2. The summed E-state index contributed by atoms with van der Waals surface area (Å²) in [5.41, 5.74) is 6.26. The van der Waals surface area contributed by atoms with E-state index in [9.17, 15) is 14.4 Å². The molecule has 0 radical (unpaired) electrons. The number of carbonyl (C=O) groups excluding carboxylic acids is 3. The Hall–Kier alpha value is -1.87. The molecule has 2 amide bonds. The summed E-state index contributed by atoms with van der Waals surface area (Å²) >= 11 is 12.4. The van der Waals surface area contributed by atoms with Crippen molar-refractivity contribution in [2.75, 3.05) is 39.3 Å². The molecule has 194 valence electrons. The molecule has 3 atom stereocenters. The van der Waals surface area contributed by atoms with Crippen LogP contribution in [-0.4, -0.2) is 79.0 Å². The van der Waals surface area contributed by atoms with Gasteiger partial charge in [0.15, 0.2) is 0 Å². The number of amides is 2. The van der Waals surface area contributed by atoms with Crippen LogP contribution in [0.4, 0.5) is 0 Å². The highest BCUT2D eigenvalue weighted by Crippen LogP contribution is 2.30. The summed E-state index contributed by atoms with van der Waals surface area (Å²) in [6.45, 7) is 4.84. The molecule has 1 saturated carbocycles. The van der Waals surface area contributed by atoms with E-state index in [0.717, 1.165) is 31.2 Å². The molecule has 0 spiro atoms. The molecule has 0 bridgehead atoms. The van der Waals surface area contributed by atoms with Gasteiger partial charge in [0.05, 0.1) is 12.5 Å². The average Bonchev–Trinajstić information content (AvgIpc) is 2.85. The lowest BCUT2D eigenvalue weighted by Gasteiger charge is -2.44. The fraction of sp³-hybridized carbons (Fsp3) is 0.640. The Balaban J connectivity index is 1.66. The van der Waals surface area contributed by atoms with Crippen LogP contribution >= 0.6 is 23.2 Å². The van der Waals surface area contributed by atoms with Gasteiger partial charge in [-0.15, -0.1) is 0 Å². The number of hydrogen-bond donors (Lipinski definition) is 2. The molecule has 3 rings (SSSR count). The van der Waals surface area contributed by atoms with E-state index in [0.29, 0.717) is 42.8 Å². The second-order valence-electron chi connectivity index (χ2n) is 9.17. The van der Waals surface area contributed by atoms with Crippen molar-refractivity contribution >= 4 is 41.0 Å². The number of piperazine rings is 1. The first kappa shape index (κ1) is 27.7. The molecular formula is C25H36Cl2N4O4. The number of carbonyl (C=O) groups is 3. The van der Waals surface area contributed by atoms with Gasteiger partial charge in [-0.2, -0.15) is 0 Å². The summed E-state index contributed by atoms with van der Waals surface area (Å²) in [5.74, 6) is -0.639. The van der Waals surface area contributed by atoms with Crippen molar-refractivity contribution in [1.82, 2.24) is 15.1 Å². The lowest BCUT2D eigenvalue weighted by atomic mass is 9.83. The van der Waals surface area contributed by atoms with E-state index in [-0.39, 0.29) is 49.1 Å². The van der Waals surface area contributed by atoms with Gasteiger partial charge in [-0.05, 0) is 37.5 Å². The van der Waals surface area contributed by atoms with Crippen LogP contribution in [0.5, 0.6) is 0 Å². The van der Waals surface area contributed by atoms with E-state index in [4.69, 9.17) is 33.7 Å². The van der Waals surface area contributed by atoms with Crippen LogP contribution in [0.15, 0.2) is 18.2 Å². The van der Waals surface area contributed by atoms with Crippen molar-refractivity contribution in [3.05, 3.63) is 33.8 Å². The van der Waals surface area contributed by atoms with Crippen molar-refractivity contribution in [2.24, 2.45) is 11.7 Å². The third-order valence-electron chi connectivity index (χ3n) is 6.86. The molecule has 1 aliphatic heterocycles. The van der Waals surface area contributed by atoms with Crippen molar-refractivity contribution in [3.8, 4) is 0 Å². The molecular weight excluding hydrogens is 491 g/mol. The highest BCUT2D eigenvalue weighted by molar-refractivity contribution is 6.35. The normalized spacial score (nSPS) is 21.9. The number of esters is 1. The van der Waals surface area contributed by atoms with Crippen LogP contribution in [0, 0.1) is 5.92 Å². The number of halogens is 2. The summed E-state index contributed by atoms with van der Waals surface area (Å²) in [6.07, 6.45) is 4.35. The molecule has 1 heterocycles. The molecule has 1 aromatic carbocycles. The van der Waals surface area contributed by atoms with Crippen LogP contribution < -0.4 is 11.1 Å². The predicted molar refractivity (Wildman–Crippen MR) is 136 cm³/mol. The Kier molecular flexibility index (Phi) is 10.6. The van der Waals surface area contributed by atoms with Gasteiger partial charge < -0.3 is 20.7 Å². The minimum atomic E-state index is -0.749. The van der Waals surface area contributed by atoms with Crippen molar-refractivity contribution < 1.29 is 19.1 Å². The molecule has 8 nitrogen and oxygen atoms in total. The number of benzene rings is 1. The maximum atomic E-state index is 13.5. The monoisotopic (exact) mass is 526 g/mol. The predicted octanol–water partition coefficient (Wildman–Crippen LogP) is 2.64. The average molecular weight is 527 g/mol. The fourth-order valence-corrected chi connectivity index (χ4v) is 5.56. The van der Waals surface area contributed by atoms with Gasteiger partial charge in [0.25, 0.3) is 0 Å². The second-order valence-corrected chi connectivity index (χ2v) is 10.0. The maximum Gasteiger partial charge on any atom is 0.310 e. The van der Waals surface area contributed by atoms with Crippen LogP contribution in [0.2, 0.25) is 10.0 Å². The van der Waals surface area contributed by atoms with Gasteiger partial charge >= 0.3 is 5.97 Å². The SMILES string of the molecule is CCOC(=O)[C@@H]1CCCC[C@@H]1N1CCN(C(=O)C(Cc2ccc(Cl)cc2Cl)NC(=O)CCN)CC1. The van der Waals surface area contributed by atoms with Gasteiger partial charge in [0, 0.05) is 61.7 Å². The van der Waals surface area contributed by atoms with Gasteiger partial charge in [-0.25, -0.2) is 0 Å². The summed E-state index contributed by atoms with van der Waals surface area (Å²) in [7, 11) is 0. The highest BCUT2D eigenvalue weighted by atomic mass is 35.5. The van der Waals surface area contributed by atoms with Gasteiger partial charge in [-0.1, -0.05) is 42.1 Å². The number of nitrogens with one attached hydrogen (secondary N) is 1. The molecule has 1 saturated heterocycles. The first-order chi connectivity index (χ1) is 16.8. The molecule has 1 aliphatic carbocycles. The molecule has 2 aliphatic rings. The van der Waals surface area contributed by atoms with Gasteiger partial charge in [0.2, 0.25) is 11.8 Å². The van der Waals surface area contributed by atoms with Crippen molar-refractivity contribution in [1.29, 1.82) is 0 Å². The number of nitrogens with two attached hydrogens (primary N) is 1. The Morgan fingerprint density at radius 3 is 2.51 bits per heavy atom. The Morgan fingerprint density at radius 1 is 1.14 bits per heavy atom. The fourth-order valence-electron chi connectivity index (χ4n) is 5.07. The van der Waals surface area contributed by atoms with E-state index >= 15 is 0 Å². The van der Waals surface area contributed by atoms with E-state index in [2.05, 4.69) is 10.2 Å². The lowest BCUT2D eigenvalue weighted by molar-refractivity contribution is -0.153. The standard InChI is InChI=1S/C25H36Cl2N4O4/c1-2-35-25(34)19-5-3-4-6-22(19)30-11-13-31(14-12-30)24(33)21(29-23(32)9-10-28)15-17-7-8-18(26)16-20(17)27/h7-8,16,19,21-22H,2-6,9-15,28H2,1H3,(H,29,32)/t19-,21?,22+/m1/s1. The summed E-state index contributed by atoms with van der Waals surface area (Å²) in [4.78, 5) is 42.4. The van der Waals surface area contributed by atoms with E-state index in [1.54, 1.807) is 23.1 Å². The number of rotatable bonds is 9. The van der Waals surface area contributed by atoms with E-state index in [1.165, 1.54) is 0 Å². The van der Waals surface area contributed by atoms with Gasteiger partial charge in [0.1, 0.15) is 6.04 Å². The van der Waals surface area contributed by atoms with Crippen molar-refractivity contribution in [3.63, 3.8) is 0 Å². The zero-order valence-corrected chi connectivity index (χ0v) is 21.8. The number of ether oxygens (including phenoxy) is 1. The van der Waals surface area contributed by atoms with Gasteiger partial charge in [-0.3, -0.25) is 19.3 Å². The Morgan fingerprint density at radius 2 is 1.86 bits per heavy atom. The first-order valence-corrected chi connectivity index (χ1v) is 13.2. The van der Waals surface area contributed by atoms with Crippen LogP contribution in [0.1, 0.15) is 44.6 Å². The quantitative estimate of drug-likeness (QED) is 0.479. The first-order valence-electron chi connectivity index (χ1n) is 12.5. The molecule has 35 heavy (non-hydrogen) atoms. The Bertz CT molecular complexity index is 892. The summed E-state index contributed by atoms with van der Waals surface area (Å²) in [5, 5.41) is 3.80. The minimum absolute atomic E-state index is 0.110. The third-order valence-corrected chi connectivity index (χ3v) is 7.44. The molecule has 0 aromatic heterocycles. The lowest BCUT2D eigenvalue weighted by Crippen LogP contribution is -2.58. The Labute approximate surface area is 217 Å². The molecule has 10 heteroatoms. The zero-order valence-electron chi connectivity index (χ0n) is 20.3. The van der Waals surface area contributed by atoms with E-state index < -0.39 is 6.04 Å². The molecule has 1 unspecified atom stereocenters. The molecule has 1 aromatic rings. The summed E-state index contributed by atoms with van der Waals surface area (Å²) < 4.78 is 5.33. The third kappa shape index (κ3) is 7.56. The highest BCUT2D eigenvalue weighted by Gasteiger charge is 2.38. The topological polar surface area (TPSA) is 105 Å². The van der Waals surface area contributed by atoms with E-state index in [1.807, 2.05) is 6.92 Å². The molecule has 3 N–H and O–H groups in total.